The van der Waals surface area contributed by atoms with Gasteiger partial charge in [0, 0.05) is 11.6 Å². The van der Waals surface area contributed by atoms with Gasteiger partial charge in [-0.1, -0.05) is 43.4 Å². The van der Waals surface area contributed by atoms with Gasteiger partial charge in [0.15, 0.2) is 8.68 Å². The molecule has 0 bridgehead atoms. The normalized spacial score (nSPS) is 11.0. The molecule has 2 heterocycles. The zero-order valence-electron chi connectivity index (χ0n) is 11.5. The van der Waals surface area contributed by atoms with Crippen LogP contribution in [0.15, 0.2) is 39.0 Å². The largest absolute Gasteiger partial charge is 0.330 e. The molecule has 0 aliphatic carbocycles. The lowest BCUT2D eigenvalue weighted by molar-refractivity contribution is 0.789. The van der Waals surface area contributed by atoms with Crippen LogP contribution < -0.4 is 5.32 Å². The van der Waals surface area contributed by atoms with Crippen LogP contribution in [0.3, 0.4) is 0 Å². The maximum Gasteiger partial charge on any atom is 0.210 e. The molecule has 1 N–H and O–H groups in total. The van der Waals surface area contributed by atoms with Crippen LogP contribution >= 0.6 is 34.6 Å². The molecule has 1 aromatic carbocycles. The van der Waals surface area contributed by atoms with Gasteiger partial charge in [-0.05, 0) is 35.4 Å². The molecule has 0 spiro atoms. The summed E-state index contributed by atoms with van der Waals surface area (Å²) in [5.41, 5.74) is 1.00. The summed E-state index contributed by atoms with van der Waals surface area (Å²) in [7, 11) is 0. The minimum absolute atomic E-state index is 0.348. The molecule has 0 unspecified atom stereocenters. The lowest BCUT2D eigenvalue weighted by atomic mass is 10.2. The van der Waals surface area contributed by atoms with Crippen LogP contribution in [0.2, 0.25) is 0 Å². The average Bonchev–Trinajstić information content (AvgIpc) is 3.10. The molecule has 3 aromatic rings. The topological polar surface area (TPSA) is 63.6 Å². The van der Waals surface area contributed by atoms with Crippen molar-refractivity contribution >= 4 is 45.5 Å². The molecule has 0 atom stereocenters. The van der Waals surface area contributed by atoms with Gasteiger partial charge in [-0.2, -0.15) is 4.37 Å². The summed E-state index contributed by atoms with van der Waals surface area (Å²) in [6.45, 7) is 4.17. The summed E-state index contributed by atoms with van der Waals surface area (Å²) in [4.78, 5) is 4.49. The molecule has 8 heteroatoms. The Kier molecular flexibility index (Phi) is 4.47. The van der Waals surface area contributed by atoms with Gasteiger partial charge in [-0.3, -0.25) is 0 Å². The van der Waals surface area contributed by atoms with Crippen LogP contribution in [0.4, 0.5) is 10.8 Å². The van der Waals surface area contributed by atoms with Crippen molar-refractivity contribution < 1.29 is 0 Å². The molecule has 0 radical (unpaired) electrons. The maximum absolute atomic E-state index is 4.49. The van der Waals surface area contributed by atoms with Crippen LogP contribution in [-0.2, 0) is 0 Å². The average molecular weight is 335 g/mol. The highest BCUT2D eigenvalue weighted by Crippen LogP contribution is 2.34. The number of hydrogen-bond acceptors (Lipinski definition) is 8. The van der Waals surface area contributed by atoms with Gasteiger partial charge in [0.1, 0.15) is 5.82 Å². The summed E-state index contributed by atoms with van der Waals surface area (Å²) in [5, 5.41) is 12.3. The smallest absolute Gasteiger partial charge is 0.210 e. The summed E-state index contributed by atoms with van der Waals surface area (Å²) >= 11 is 4.42. The first-order chi connectivity index (χ1) is 10.2. The number of aromatic nitrogens is 4. The van der Waals surface area contributed by atoms with Crippen molar-refractivity contribution in [3.63, 3.8) is 0 Å². The van der Waals surface area contributed by atoms with Crippen LogP contribution in [-0.4, -0.2) is 19.6 Å². The Labute approximate surface area is 135 Å². The molecule has 108 valence electrons. The lowest BCUT2D eigenvalue weighted by Crippen LogP contribution is -1.88. The molecule has 0 aliphatic rings. The highest BCUT2D eigenvalue weighted by molar-refractivity contribution is 8.02. The molecule has 0 amide bonds. The molecule has 5 nitrogen and oxygen atoms in total. The first-order valence-corrected chi connectivity index (χ1v) is 8.78. The Morgan fingerprint density at radius 2 is 1.90 bits per heavy atom. The molecule has 0 aliphatic heterocycles. The zero-order valence-corrected chi connectivity index (χ0v) is 13.9. The molecular weight excluding hydrogens is 322 g/mol. The summed E-state index contributed by atoms with van der Waals surface area (Å²) in [5.74, 6) is 1.23. The highest BCUT2D eigenvalue weighted by Gasteiger charge is 2.12. The lowest BCUT2D eigenvalue weighted by Gasteiger charge is -1.99. The third-order valence-corrected chi connectivity index (χ3v) is 5.20. The van der Waals surface area contributed by atoms with E-state index in [0.717, 1.165) is 25.3 Å². The highest BCUT2D eigenvalue weighted by atomic mass is 32.2. The second-order valence-corrected chi connectivity index (χ2v) is 7.76. The van der Waals surface area contributed by atoms with Crippen LogP contribution in [0, 0.1) is 0 Å². The van der Waals surface area contributed by atoms with E-state index in [4.69, 9.17) is 0 Å². The van der Waals surface area contributed by atoms with E-state index in [-0.39, 0.29) is 0 Å². The van der Waals surface area contributed by atoms with E-state index in [2.05, 4.69) is 38.7 Å². The molecule has 0 fully saturated rings. The van der Waals surface area contributed by atoms with Crippen LogP contribution in [0.1, 0.15) is 25.6 Å². The fourth-order valence-electron chi connectivity index (χ4n) is 1.52. The molecular formula is C13H13N5S3. The number of nitrogens with zero attached hydrogens (tertiary/aromatic N) is 4. The Morgan fingerprint density at radius 3 is 2.62 bits per heavy atom. The van der Waals surface area contributed by atoms with Gasteiger partial charge in [-0.15, -0.1) is 10.2 Å². The van der Waals surface area contributed by atoms with E-state index >= 15 is 0 Å². The quantitative estimate of drug-likeness (QED) is 0.745. The van der Waals surface area contributed by atoms with Crippen molar-refractivity contribution in [2.45, 2.75) is 28.4 Å². The van der Waals surface area contributed by atoms with Gasteiger partial charge in [0.2, 0.25) is 5.13 Å². The third-order valence-electron chi connectivity index (χ3n) is 2.55. The van der Waals surface area contributed by atoms with E-state index < -0.39 is 0 Å². The van der Waals surface area contributed by atoms with E-state index in [1.807, 2.05) is 30.3 Å². The number of hydrogen-bond donors (Lipinski definition) is 1. The Hall–Kier alpha value is -1.51. The number of benzene rings is 1. The van der Waals surface area contributed by atoms with E-state index in [1.165, 1.54) is 34.6 Å². The van der Waals surface area contributed by atoms with Gasteiger partial charge in [-0.25, -0.2) is 4.98 Å². The predicted molar refractivity (Wildman–Crippen MR) is 87.8 cm³/mol. The second-order valence-electron chi connectivity index (χ2n) is 4.54. The molecule has 21 heavy (non-hydrogen) atoms. The van der Waals surface area contributed by atoms with Gasteiger partial charge in [0.25, 0.3) is 0 Å². The molecule has 0 saturated carbocycles. The fourth-order valence-corrected chi connectivity index (χ4v) is 4.24. The zero-order chi connectivity index (χ0) is 14.7. The first-order valence-electron chi connectivity index (χ1n) is 6.38. The fraction of sp³-hybridized carbons (Fsp3) is 0.231. The second kappa shape index (κ2) is 6.50. The Bertz CT molecular complexity index is 707. The summed E-state index contributed by atoms with van der Waals surface area (Å²) in [6, 6.07) is 9.93. The minimum Gasteiger partial charge on any atom is -0.330 e. The van der Waals surface area contributed by atoms with E-state index in [0.29, 0.717) is 5.92 Å². The number of nitrogens with one attached hydrogen (secondary N) is 1. The standard InChI is InChI=1S/C13H13N5S3/c1-8(2)10-15-12(21-18-10)20-13-17-16-11(19-13)14-9-6-4-3-5-7-9/h3-8H,1-2H3,(H,14,16). The monoisotopic (exact) mass is 335 g/mol. The van der Waals surface area contributed by atoms with Crippen LogP contribution in [0.5, 0.6) is 0 Å². The maximum atomic E-state index is 4.49. The van der Waals surface area contributed by atoms with Crippen molar-refractivity contribution in [2.75, 3.05) is 5.32 Å². The number of rotatable bonds is 5. The van der Waals surface area contributed by atoms with Crippen molar-refractivity contribution in [3.05, 3.63) is 36.2 Å². The van der Waals surface area contributed by atoms with E-state index in [1.54, 1.807) is 0 Å². The third kappa shape index (κ3) is 3.78. The van der Waals surface area contributed by atoms with Gasteiger partial charge in [0.05, 0.1) is 0 Å². The number of anilines is 2. The van der Waals surface area contributed by atoms with Gasteiger partial charge < -0.3 is 5.32 Å². The van der Waals surface area contributed by atoms with Gasteiger partial charge >= 0.3 is 0 Å². The first kappa shape index (κ1) is 14.4. The molecule has 2 aromatic heterocycles. The van der Waals surface area contributed by atoms with Crippen molar-refractivity contribution in [3.8, 4) is 0 Å². The molecule has 3 rings (SSSR count). The Balaban J connectivity index is 1.67. The minimum atomic E-state index is 0.348. The number of para-hydroxylation sites is 1. The van der Waals surface area contributed by atoms with Crippen molar-refractivity contribution in [1.82, 2.24) is 19.6 Å². The molecule has 0 saturated heterocycles. The predicted octanol–water partition coefficient (Wildman–Crippen LogP) is 4.41. The SMILES string of the molecule is CC(C)c1nsc(Sc2nnc(Nc3ccccc3)s2)n1. The Morgan fingerprint density at radius 1 is 1.10 bits per heavy atom. The van der Waals surface area contributed by atoms with E-state index in [9.17, 15) is 0 Å². The van der Waals surface area contributed by atoms with Crippen molar-refractivity contribution in [2.24, 2.45) is 0 Å². The van der Waals surface area contributed by atoms with Crippen LogP contribution in [0.25, 0.3) is 0 Å². The van der Waals surface area contributed by atoms with Crippen molar-refractivity contribution in [1.29, 1.82) is 0 Å². The summed E-state index contributed by atoms with van der Waals surface area (Å²) < 4.78 is 6.10. The summed E-state index contributed by atoms with van der Waals surface area (Å²) in [6.07, 6.45) is 0.